The second-order valence-electron chi connectivity index (χ2n) is 10.4. The molecular formula is C23H36O3. The fraction of sp³-hybridized carbons (Fsp3) is 0.870. The quantitative estimate of drug-likeness (QED) is 0.752. The highest BCUT2D eigenvalue weighted by Gasteiger charge is 2.59. The molecule has 1 N–H and O–H groups in total. The van der Waals surface area contributed by atoms with Crippen LogP contribution >= 0.6 is 0 Å². The van der Waals surface area contributed by atoms with E-state index in [1.54, 1.807) is 19.6 Å². The third-order valence-electron chi connectivity index (χ3n) is 9.08. The van der Waals surface area contributed by atoms with Gasteiger partial charge in [-0.1, -0.05) is 25.5 Å². The number of aliphatic hydroxyl groups is 1. The fourth-order valence-electron chi connectivity index (χ4n) is 7.66. The van der Waals surface area contributed by atoms with Crippen LogP contribution in [0.2, 0.25) is 0 Å². The van der Waals surface area contributed by atoms with E-state index in [2.05, 4.69) is 19.9 Å². The van der Waals surface area contributed by atoms with Gasteiger partial charge in [0.15, 0.2) is 0 Å². The highest BCUT2D eigenvalue weighted by Crippen LogP contribution is 2.66. The van der Waals surface area contributed by atoms with Gasteiger partial charge in [-0.3, -0.25) is 4.79 Å². The third kappa shape index (κ3) is 2.57. The third-order valence-corrected chi connectivity index (χ3v) is 9.08. The average molecular weight is 361 g/mol. The molecule has 0 heterocycles. The Labute approximate surface area is 158 Å². The molecule has 7 atom stereocenters. The van der Waals surface area contributed by atoms with Crippen molar-refractivity contribution in [3.63, 3.8) is 0 Å². The van der Waals surface area contributed by atoms with Crippen molar-refractivity contribution in [1.82, 2.24) is 0 Å². The van der Waals surface area contributed by atoms with Gasteiger partial charge in [-0.25, -0.2) is 0 Å². The number of carbonyl (C=O) groups is 1. The van der Waals surface area contributed by atoms with E-state index in [0.29, 0.717) is 30.1 Å². The first-order valence-corrected chi connectivity index (χ1v) is 10.7. The van der Waals surface area contributed by atoms with Crippen LogP contribution in [-0.4, -0.2) is 30.2 Å². The van der Waals surface area contributed by atoms with Crippen molar-refractivity contribution in [1.29, 1.82) is 0 Å². The molecule has 3 saturated carbocycles. The van der Waals surface area contributed by atoms with E-state index in [4.69, 9.17) is 4.74 Å². The number of allylic oxidation sites excluding steroid dienone is 2. The zero-order valence-electron chi connectivity index (χ0n) is 17.0. The molecule has 0 aliphatic heterocycles. The van der Waals surface area contributed by atoms with Crippen molar-refractivity contribution in [3.05, 3.63) is 11.6 Å². The second-order valence-corrected chi connectivity index (χ2v) is 10.4. The Hall–Kier alpha value is -0.670. The van der Waals surface area contributed by atoms with Gasteiger partial charge in [-0.05, 0) is 86.9 Å². The Kier molecular flexibility index (Phi) is 4.43. The van der Waals surface area contributed by atoms with Crippen molar-refractivity contribution >= 4 is 5.78 Å². The molecule has 3 nitrogen and oxygen atoms in total. The van der Waals surface area contributed by atoms with Crippen LogP contribution in [0.1, 0.15) is 72.1 Å². The zero-order valence-corrected chi connectivity index (χ0v) is 17.0. The van der Waals surface area contributed by atoms with E-state index in [1.165, 1.54) is 19.3 Å². The Bertz CT molecular complexity index is 625. The average Bonchev–Trinajstić information content (AvgIpc) is 2.93. The zero-order chi connectivity index (χ0) is 18.7. The van der Waals surface area contributed by atoms with Crippen LogP contribution in [0.3, 0.4) is 0 Å². The maximum absolute atomic E-state index is 12.2. The minimum absolute atomic E-state index is 0.175. The normalized spacial score (nSPS) is 50.4. The van der Waals surface area contributed by atoms with Crippen LogP contribution in [-0.2, 0) is 9.53 Å². The number of methoxy groups -OCH3 is 1. The first-order chi connectivity index (χ1) is 12.2. The van der Waals surface area contributed by atoms with Gasteiger partial charge in [0.1, 0.15) is 5.78 Å². The number of ether oxygens (including phenoxy) is 1. The molecule has 0 radical (unpaired) electrons. The van der Waals surface area contributed by atoms with E-state index in [9.17, 15) is 9.90 Å². The van der Waals surface area contributed by atoms with Gasteiger partial charge in [0.2, 0.25) is 0 Å². The predicted molar refractivity (Wildman–Crippen MR) is 103 cm³/mol. The van der Waals surface area contributed by atoms with Crippen molar-refractivity contribution < 1.29 is 14.6 Å². The highest BCUT2D eigenvalue weighted by atomic mass is 16.5. The summed E-state index contributed by atoms with van der Waals surface area (Å²) in [6, 6.07) is 0. The number of fused-ring (bicyclic) bond motifs is 5. The lowest BCUT2D eigenvalue weighted by atomic mass is 9.47. The molecule has 3 heteroatoms. The summed E-state index contributed by atoms with van der Waals surface area (Å²) in [5, 5.41) is 10.9. The van der Waals surface area contributed by atoms with Crippen molar-refractivity contribution in [2.24, 2.45) is 34.5 Å². The van der Waals surface area contributed by atoms with Crippen LogP contribution in [0.15, 0.2) is 11.6 Å². The number of hydrogen-bond donors (Lipinski definition) is 1. The lowest BCUT2D eigenvalue weighted by Crippen LogP contribution is -2.52. The monoisotopic (exact) mass is 360 g/mol. The Morgan fingerprint density at radius 2 is 2.00 bits per heavy atom. The van der Waals surface area contributed by atoms with E-state index in [1.807, 2.05) is 0 Å². The summed E-state index contributed by atoms with van der Waals surface area (Å²) in [6.07, 6.45) is 11.1. The van der Waals surface area contributed by atoms with Crippen molar-refractivity contribution in [2.45, 2.75) is 77.7 Å². The number of rotatable bonds is 3. The summed E-state index contributed by atoms with van der Waals surface area (Å²) in [5.74, 6) is 2.55. The standard InChI is InChI=1S/C23H36O3/c1-15(24)18-7-8-19-17-6-5-16-13-23(25,14-26-4)12-11-21(16,2)20(17)9-10-22(18,19)3/h9,16-19,25H,5-8,10-14H2,1-4H3/t16?,17?,18-,19+,21?,22-,23-/m1/s1. The summed E-state index contributed by atoms with van der Waals surface area (Å²) >= 11 is 0. The molecule has 0 saturated heterocycles. The molecule has 26 heavy (non-hydrogen) atoms. The molecule has 3 fully saturated rings. The van der Waals surface area contributed by atoms with Crippen LogP contribution in [0.5, 0.6) is 0 Å². The summed E-state index contributed by atoms with van der Waals surface area (Å²) < 4.78 is 5.31. The predicted octanol–water partition coefficient (Wildman–Crippen LogP) is 4.53. The van der Waals surface area contributed by atoms with Crippen molar-refractivity contribution in [2.75, 3.05) is 13.7 Å². The fourth-order valence-corrected chi connectivity index (χ4v) is 7.66. The molecule has 0 bridgehead atoms. The van der Waals surface area contributed by atoms with Crippen molar-refractivity contribution in [3.8, 4) is 0 Å². The second kappa shape index (κ2) is 6.17. The summed E-state index contributed by atoms with van der Waals surface area (Å²) in [7, 11) is 1.69. The number of Topliss-reactive ketones (excluding diaryl/α,β-unsaturated/α-hetero) is 1. The van der Waals surface area contributed by atoms with Crippen LogP contribution < -0.4 is 0 Å². The van der Waals surface area contributed by atoms with Crippen LogP contribution in [0.25, 0.3) is 0 Å². The van der Waals surface area contributed by atoms with Gasteiger partial charge in [0.05, 0.1) is 12.2 Å². The summed E-state index contributed by atoms with van der Waals surface area (Å²) in [5.41, 5.74) is 1.45. The molecule has 0 aromatic rings. The maximum atomic E-state index is 12.2. The molecule has 0 amide bonds. The van der Waals surface area contributed by atoms with Crippen LogP contribution in [0.4, 0.5) is 0 Å². The molecule has 0 spiro atoms. The molecule has 4 rings (SSSR count). The summed E-state index contributed by atoms with van der Waals surface area (Å²) in [4.78, 5) is 12.2. The molecule has 3 unspecified atom stereocenters. The minimum atomic E-state index is -0.636. The molecule has 4 aliphatic carbocycles. The number of hydrogen-bond acceptors (Lipinski definition) is 3. The lowest BCUT2D eigenvalue weighted by molar-refractivity contribution is -0.125. The van der Waals surface area contributed by atoms with E-state index >= 15 is 0 Å². The van der Waals surface area contributed by atoms with Crippen LogP contribution in [0, 0.1) is 34.5 Å². The van der Waals surface area contributed by atoms with Gasteiger partial charge in [-0.2, -0.15) is 0 Å². The maximum Gasteiger partial charge on any atom is 0.133 e. The first-order valence-electron chi connectivity index (χ1n) is 10.7. The molecular weight excluding hydrogens is 324 g/mol. The lowest BCUT2D eigenvalue weighted by Gasteiger charge is -2.58. The SMILES string of the molecule is COC[C@@]1(O)CCC2(C)C3=CC[C@]4(C)[C@@H](C(C)=O)CC[C@H]4C3CCC2C1. The Morgan fingerprint density at radius 3 is 2.69 bits per heavy atom. The molecule has 146 valence electrons. The van der Waals surface area contributed by atoms with E-state index < -0.39 is 5.60 Å². The molecule has 0 aromatic heterocycles. The van der Waals surface area contributed by atoms with Gasteiger partial charge in [0, 0.05) is 13.0 Å². The topological polar surface area (TPSA) is 46.5 Å². The smallest absolute Gasteiger partial charge is 0.133 e. The Balaban J connectivity index is 1.62. The molecule has 0 aromatic carbocycles. The highest BCUT2D eigenvalue weighted by molar-refractivity contribution is 5.79. The minimum Gasteiger partial charge on any atom is -0.387 e. The van der Waals surface area contributed by atoms with E-state index in [0.717, 1.165) is 32.1 Å². The number of ketones is 1. The van der Waals surface area contributed by atoms with Gasteiger partial charge >= 0.3 is 0 Å². The van der Waals surface area contributed by atoms with Gasteiger partial charge < -0.3 is 9.84 Å². The van der Waals surface area contributed by atoms with E-state index in [-0.39, 0.29) is 16.7 Å². The van der Waals surface area contributed by atoms with Gasteiger partial charge in [0.25, 0.3) is 0 Å². The molecule has 4 aliphatic rings. The van der Waals surface area contributed by atoms with Gasteiger partial charge in [-0.15, -0.1) is 0 Å². The number of carbonyl (C=O) groups excluding carboxylic acids is 1. The largest absolute Gasteiger partial charge is 0.387 e. The first kappa shape index (κ1) is 18.7. The Morgan fingerprint density at radius 1 is 1.23 bits per heavy atom. The summed E-state index contributed by atoms with van der Waals surface area (Å²) in [6.45, 7) is 7.11.